The fourth-order valence-electron chi connectivity index (χ4n) is 4.36. The van der Waals surface area contributed by atoms with Crippen LogP contribution in [0.1, 0.15) is 11.6 Å². The van der Waals surface area contributed by atoms with Gasteiger partial charge in [0.2, 0.25) is 15.9 Å². The first-order valence-electron chi connectivity index (χ1n) is 11.5. The smallest absolute Gasteiger partial charge is 0.247 e. The first-order valence-corrected chi connectivity index (χ1v) is 13.0. The lowest BCUT2D eigenvalue weighted by molar-refractivity contribution is -0.117. The molecule has 3 aromatic rings. The number of ether oxygens (including phenoxy) is 2. The van der Waals surface area contributed by atoms with E-state index in [0.717, 1.165) is 11.3 Å². The lowest BCUT2D eigenvalue weighted by atomic mass is 10.0. The van der Waals surface area contributed by atoms with Crippen LogP contribution in [-0.4, -0.2) is 58.1 Å². The van der Waals surface area contributed by atoms with E-state index in [-0.39, 0.29) is 23.4 Å². The lowest BCUT2D eigenvalue weighted by Gasteiger charge is -2.37. The van der Waals surface area contributed by atoms with E-state index in [1.807, 2.05) is 54.6 Å². The van der Waals surface area contributed by atoms with Gasteiger partial charge in [0.1, 0.15) is 12.4 Å². The van der Waals surface area contributed by atoms with Gasteiger partial charge < -0.3 is 14.8 Å². The second kappa shape index (κ2) is 10.1. The zero-order valence-corrected chi connectivity index (χ0v) is 20.0. The molecule has 5 rings (SSSR count). The molecule has 0 bridgehead atoms. The predicted molar refractivity (Wildman–Crippen MR) is 133 cm³/mol. The molecule has 9 heteroatoms. The van der Waals surface area contributed by atoms with E-state index < -0.39 is 10.0 Å². The summed E-state index contributed by atoms with van der Waals surface area (Å²) in [5.74, 6) is 0.560. The van der Waals surface area contributed by atoms with E-state index in [0.29, 0.717) is 44.3 Å². The summed E-state index contributed by atoms with van der Waals surface area (Å²) in [4.78, 5) is 15.4. The Balaban J connectivity index is 1.31. The topological polar surface area (TPSA) is 88.2 Å². The number of hydrogen-bond donors (Lipinski definition) is 1. The van der Waals surface area contributed by atoms with Gasteiger partial charge in [-0.2, -0.15) is 4.31 Å². The maximum absolute atomic E-state index is 13.4. The number of fused-ring (bicyclic) bond motifs is 1. The minimum atomic E-state index is -3.56. The number of rotatable bonds is 6. The molecule has 0 unspecified atom stereocenters. The number of anilines is 2. The summed E-state index contributed by atoms with van der Waals surface area (Å²) in [6, 6.07) is 23.6. The molecule has 3 aromatic carbocycles. The molecular formula is C26H27N3O5S. The van der Waals surface area contributed by atoms with Crippen molar-refractivity contribution in [2.75, 3.05) is 49.7 Å². The molecule has 182 valence electrons. The Labute approximate surface area is 205 Å². The van der Waals surface area contributed by atoms with Crippen LogP contribution in [-0.2, 0) is 19.6 Å². The Bertz CT molecular complexity index is 1280. The second-order valence-electron chi connectivity index (χ2n) is 8.36. The molecule has 1 fully saturated rings. The molecule has 0 aliphatic carbocycles. The van der Waals surface area contributed by atoms with Gasteiger partial charge in [-0.25, -0.2) is 8.42 Å². The standard InChI is InChI=1S/C26H27N3O5S/c30-26(18-27-21-10-12-22(13-11-21)35(31,32)28-14-16-33-17-15-28)29-23-8-4-5-9-25(23)34-19-24(29)20-6-2-1-3-7-20/h1-13,24,27H,14-19H2/t24-/m1/s1. The van der Waals surface area contributed by atoms with Crippen LogP contribution >= 0.6 is 0 Å². The minimum absolute atomic E-state index is 0.0488. The highest BCUT2D eigenvalue weighted by atomic mass is 32.2. The van der Waals surface area contributed by atoms with Crippen LogP contribution in [0.15, 0.2) is 83.8 Å². The number of hydrogen-bond acceptors (Lipinski definition) is 6. The second-order valence-corrected chi connectivity index (χ2v) is 10.3. The van der Waals surface area contributed by atoms with Gasteiger partial charge in [-0.3, -0.25) is 9.69 Å². The molecule has 2 aliphatic rings. The Morgan fingerprint density at radius 1 is 0.914 bits per heavy atom. The summed E-state index contributed by atoms with van der Waals surface area (Å²) < 4.78 is 38.3. The van der Waals surface area contributed by atoms with Crippen LogP contribution in [0.25, 0.3) is 0 Å². The maximum atomic E-state index is 13.4. The van der Waals surface area contributed by atoms with Gasteiger partial charge in [-0.05, 0) is 42.0 Å². The highest BCUT2D eigenvalue weighted by Gasteiger charge is 2.33. The Morgan fingerprint density at radius 3 is 2.34 bits per heavy atom. The fourth-order valence-corrected chi connectivity index (χ4v) is 5.77. The molecule has 1 N–H and O–H groups in total. The summed E-state index contributed by atoms with van der Waals surface area (Å²) in [7, 11) is -3.56. The van der Waals surface area contributed by atoms with Gasteiger partial charge in [0.25, 0.3) is 0 Å². The highest BCUT2D eigenvalue weighted by Crippen LogP contribution is 2.39. The predicted octanol–water partition coefficient (Wildman–Crippen LogP) is 3.29. The van der Waals surface area contributed by atoms with Crippen molar-refractivity contribution in [3.63, 3.8) is 0 Å². The fraction of sp³-hybridized carbons (Fsp3) is 0.269. The molecule has 0 radical (unpaired) electrons. The van der Waals surface area contributed by atoms with Crippen molar-refractivity contribution in [3.05, 3.63) is 84.4 Å². The number of morpholine rings is 1. The molecule has 8 nitrogen and oxygen atoms in total. The van der Waals surface area contributed by atoms with Gasteiger partial charge in [-0.15, -0.1) is 0 Å². The molecule has 0 spiro atoms. The summed E-state index contributed by atoms with van der Waals surface area (Å²) >= 11 is 0. The number of nitrogens with one attached hydrogen (secondary N) is 1. The monoisotopic (exact) mass is 493 g/mol. The molecule has 2 heterocycles. The van der Waals surface area contributed by atoms with Crippen molar-refractivity contribution < 1.29 is 22.7 Å². The van der Waals surface area contributed by atoms with E-state index >= 15 is 0 Å². The summed E-state index contributed by atoms with van der Waals surface area (Å²) in [5.41, 5.74) is 2.39. The summed E-state index contributed by atoms with van der Waals surface area (Å²) in [6.07, 6.45) is 0. The Morgan fingerprint density at radius 2 is 1.60 bits per heavy atom. The van der Waals surface area contributed by atoms with Gasteiger partial charge in [0, 0.05) is 18.8 Å². The molecule has 2 aliphatic heterocycles. The number of sulfonamides is 1. The average molecular weight is 494 g/mol. The molecule has 1 amide bonds. The van der Waals surface area contributed by atoms with Crippen LogP contribution in [0.4, 0.5) is 11.4 Å². The third-order valence-corrected chi connectivity index (χ3v) is 8.10. The number of carbonyl (C=O) groups excluding carboxylic acids is 1. The molecule has 0 aromatic heterocycles. The molecule has 1 saturated heterocycles. The number of benzene rings is 3. The van der Waals surface area contributed by atoms with Crippen molar-refractivity contribution in [1.29, 1.82) is 0 Å². The molecule has 0 saturated carbocycles. The van der Waals surface area contributed by atoms with Crippen LogP contribution in [0.5, 0.6) is 5.75 Å². The lowest BCUT2D eigenvalue weighted by Crippen LogP contribution is -2.43. The van der Waals surface area contributed by atoms with E-state index in [9.17, 15) is 13.2 Å². The maximum Gasteiger partial charge on any atom is 0.247 e. The largest absolute Gasteiger partial charge is 0.489 e. The van der Waals surface area contributed by atoms with Crippen LogP contribution in [0.2, 0.25) is 0 Å². The van der Waals surface area contributed by atoms with Crippen molar-refractivity contribution in [2.45, 2.75) is 10.9 Å². The first-order chi connectivity index (χ1) is 17.0. The van der Waals surface area contributed by atoms with Gasteiger partial charge >= 0.3 is 0 Å². The van der Waals surface area contributed by atoms with E-state index in [2.05, 4.69) is 5.32 Å². The number of carbonyl (C=O) groups is 1. The minimum Gasteiger partial charge on any atom is -0.489 e. The van der Waals surface area contributed by atoms with Crippen molar-refractivity contribution in [3.8, 4) is 5.75 Å². The van der Waals surface area contributed by atoms with Crippen LogP contribution in [0, 0.1) is 0 Å². The zero-order valence-electron chi connectivity index (χ0n) is 19.2. The van der Waals surface area contributed by atoms with Crippen molar-refractivity contribution in [2.24, 2.45) is 0 Å². The molecular weight excluding hydrogens is 466 g/mol. The summed E-state index contributed by atoms with van der Waals surface area (Å²) in [6.45, 7) is 1.90. The van der Waals surface area contributed by atoms with Crippen molar-refractivity contribution in [1.82, 2.24) is 4.31 Å². The summed E-state index contributed by atoms with van der Waals surface area (Å²) in [5, 5.41) is 3.14. The van der Waals surface area contributed by atoms with Crippen molar-refractivity contribution >= 4 is 27.3 Å². The van der Waals surface area contributed by atoms with Gasteiger partial charge in [0.05, 0.1) is 36.4 Å². The van der Waals surface area contributed by atoms with Crippen LogP contribution in [0.3, 0.4) is 0 Å². The Hall–Kier alpha value is -3.40. The zero-order chi connectivity index (χ0) is 24.3. The van der Waals surface area contributed by atoms with E-state index in [4.69, 9.17) is 9.47 Å². The van der Waals surface area contributed by atoms with Gasteiger partial charge in [-0.1, -0.05) is 42.5 Å². The number of nitrogens with zero attached hydrogens (tertiary/aromatic N) is 2. The number of para-hydroxylation sites is 2. The van der Waals surface area contributed by atoms with Gasteiger partial charge in [0.15, 0.2) is 0 Å². The van der Waals surface area contributed by atoms with E-state index in [1.165, 1.54) is 4.31 Å². The highest BCUT2D eigenvalue weighted by molar-refractivity contribution is 7.89. The average Bonchev–Trinajstić information content (AvgIpc) is 2.92. The molecule has 35 heavy (non-hydrogen) atoms. The number of amides is 1. The Kier molecular flexibility index (Phi) is 6.72. The normalized spacial score (nSPS) is 18.4. The first kappa shape index (κ1) is 23.3. The quantitative estimate of drug-likeness (QED) is 0.567. The third kappa shape index (κ3) is 4.88. The van der Waals surface area contributed by atoms with E-state index in [1.54, 1.807) is 29.2 Å². The SMILES string of the molecule is O=C(CNc1ccc(S(=O)(=O)N2CCOCC2)cc1)N1c2ccccc2OC[C@@H]1c1ccccc1. The third-order valence-electron chi connectivity index (χ3n) is 6.19. The molecule has 1 atom stereocenters. The van der Waals surface area contributed by atoms with Crippen LogP contribution < -0.4 is 15.0 Å².